The molecule has 0 unspecified atom stereocenters. The number of anilines is 1. The molecule has 0 saturated carbocycles. The van der Waals surface area contributed by atoms with Gasteiger partial charge in [-0.1, -0.05) is 48.0 Å². The van der Waals surface area contributed by atoms with E-state index in [-0.39, 0.29) is 5.91 Å². The number of nitrogens with zero attached hydrogens (tertiary/aromatic N) is 3. The maximum atomic E-state index is 11.4. The summed E-state index contributed by atoms with van der Waals surface area (Å²) in [5.74, 6) is -0.117. The molecule has 0 radical (unpaired) electrons. The molecule has 1 N–H and O–H groups in total. The van der Waals surface area contributed by atoms with E-state index in [2.05, 4.69) is 5.32 Å². The molecule has 136 valence electrons. The van der Waals surface area contributed by atoms with E-state index in [4.69, 9.17) is 21.7 Å². The third kappa shape index (κ3) is 2.68. The quantitative estimate of drug-likeness (QED) is 0.447. The molecular weight excluding hydrogens is 372 g/mol. The van der Waals surface area contributed by atoms with Crippen molar-refractivity contribution in [2.45, 2.75) is 6.92 Å². The Labute approximate surface area is 165 Å². The fourth-order valence-electron chi connectivity index (χ4n) is 3.48. The van der Waals surface area contributed by atoms with Crippen LogP contribution in [0.4, 0.5) is 5.69 Å². The van der Waals surface area contributed by atoms with Crippen molar-refractivity contribution in [2.75, 3.05) is 5.32 Å². The van der Waals surface area contributed by atoms with Gasteiger partial charge in [0.2, 0.25) is 5.91 Å². The summed E-state index contributed by atoms with van der Waals surface area (Å²) in [4.78, 5) is 16.2. The summed E-state index contributed by atoms with van der Waals surface area (Å²) in [7, 11) is 0. The maximum Gasteiger partial charge on any atom is 0.221 e. The number of amides is 1. The lowest BCUT2D eigenvalue weighted by Gasteiger charge is -2.08. The van der Waals surface area contributed by atoms with Crippen LogP contribution in [0, 0.1) is 0 Å². The van der Waals surface area contributed by atoms with Crippen LogP contribution in [0.25, 0.3) is 38.7 Å². The number of imidazole rings is 1. The molecule has 0 spiro atoms. The number of fused-ring (bicyclic) bond motifs is 5. The first kappa shape index (κ1) is 16.7. The van der Waals surface area contributed by atoms with Crippen molar-refractivity contribution in [3.8, 4) is 11.3 Å². The Bertz CT molecular complexity index is 1370. The highest BCUT2D eigenvalue weighted by Gasteiger charge is 2.15. The van der Waals surface area contributed by atoms with Crippen LogP contribution in [-0.4, -0.2) is 20.5 Å². The monoisotopic (exact) mass is 386 g/mol. The Hall–Kier alpha value is -3.44. The second kappa shape index (κ2) is 6.32. The third-order valence-corrected chi connectivity index (χ3v) is 4.94. The first-order chi connectivity index (χ1) is 13.6. The zero-order valence-electron chi connectivity index (χ0n) is 15.0. The zero-order chi connectivity index (χ0) is 19.3. The van der Waals surface area contributed by atoms with Crippen molar-refractivity contribution < 1.29 is 4.79 Å². The van der Waals surface area contributed by atoms with Crippen molar-refractivity contribution in [2.24, 2.45) is 0 Å². The summed E-state index contributed by atoms with van der Waals surface area (Å²) in [5.41, 5.74) is 4.97. The standard InChI is InChI=1S/C22H15ClN4O/c1-13(28)24-16-10-11-19-20(12-16)27-22(25-19)18-5-3-2-4-17(18)21(26-27)14-6-8-15(23)9-7-14/h2-12H,1H3,(H,24,28). The van der Waals surface area contributed by atoms with E-state index in [1.807, 2.05) is 71.2 Å². The van der Waals surface area contributed by atoms with Crippen LogP contribution in [0.5, 0.6) is 0 Å². The van der Waals surface area contributed by atoms with E-state index in [1.165, 1.54) is 6.92 Å². The van der Waals surface area contributed by atoms with E-state index in [1.54, 1.807) is 0 Å². The first-order valence-corrected chi connectivity index (χ1v) is 9.23. The van der Waals surface area contributed by atoms with Crippen molar-refractivity contribution >= 4 is 50.6 Å². The number of nitrogens with one attached hydrogen (secondary N) is 1. The number of halogens is 1. The molecule has 28 heavy (non-hydrogen) atoms. The molecule has 5 aromatic rings. The van der Waals surface area contributed by atoms with Crippen LogP contribution in [0.2, 0.25) is 5.02 Å². The predicted octanol–water partition coefficient (Wildman–Crippen LogP) is 5.31. The highest BCUT2D eigenvalue weighted by Crippen LogP contribution is 2.32. The molecule has 0 aliphatic heterocycles. The van der Waals surface area contributed by atoms with Crippen LogP contribution in [0.3, 0.4) is 0 Å². The summed E-state index contributed by atoms with van der Waals surface area (Å²) in [6, 6.07) is 21.4. The summed E-state index contributed by atoms with van der Waals surface area (Å²) >= 11 is 6.06. The maximum absolute atomic E-state index is 11.4. The fourth-order valence-corrected chi connectivity index (χ4v) is 3.61. The predicted molar refractivity (Wildman–Crippen MR) is 113 cm³/mol. The lowest BCUT2D eigenvalue weighted by atomic mass is 10.1. The largest absolute Gasteiger partial charge is 0.326 e. The van der Waals surface area contributed by atoms with Gasteiger partial charge >= 0.3 is 0 Å². The molecule has 3 aromatic carbocycles. The number of rotatable bonds is 2. The first-order valence-electron chi connectivity index (χ1n) is 8.85. The van der Waals surface area contributed by atoms with Gasteiger partial charge in [0.15, 0.2) is 5.65 Å². The minimum absolute atomic E-state index is 0.117. The van der Waals surface area contributed by atoms with E-state index in [0.717, 1.165) is 38.7 Å². The molecule has 5 rings (SSSR count). The number of hydrogen-bond donors (Lipinski definition) is 1. The van der Waals surface area contributed by atoms with Crippen molar-refractivity contribution in [1.82, 2.24) is 14.6 Å². The van der Waals surface area contributed by atoms with Crippen LogP contribution in [0.1, 0.15) is 6.92 Å². The minimum atomic E-state index is -0.117. The smallest absolute Gasteiger partial charge is 0.221 e. The van der Waals surface area contributed by atoms with Crippen LogP contribution >= 0.6 is 11.6 Å². The van der Waals surface area contributed by atoms with Gasteiger partial charge in [0.05, 0.1) is 16.7 Å². The van der Waals surface area contributed by atoms with Gasteiger partial charge in [0.1, 0.15) is 0 Å². The average Bonchev–Trinajstić information content (AvgIpc) is 3.06. The van der Waals surface area contributed by atoms with Gasteiger partial charge in [-0.05, 0) is 30.3 Å². The highest BCUT2D eigenvalue weighted by atomic mass is 35.5. The second-order valence-corrected chi connectivity index (χ2v) is 7.07. The van der Waals surface area contributed by atoms with Crippen LogP contribution in [0.15, 0.2) is 66.7 Å². The molecule has 5 nitrogen and oxygen atoms in total. The topological polar surface area (TPSA) is 59.3 Å². The Morgan fingerprint density at radius 3 is 2.50 bits per heavy atom. The highest BCUT2D eigenvalue weighted by molar-refractivity contribution is 6.30. The summed E-state index contributed by atoms with van der Waals surface area (Å²) < 4.78 is 1.84. The molecule has 0 fully saturated rings. The third-order valence-electron chi connectivity index (χ3n) is 4.69. The lowest BCUT2D eigenvalue weighted by Crippen LogP contribution is -2.05. The molecule has 0 saturated heterocycles. The van der Waals surface area contributed by atoms with Gasteiger partial charge < -0.3 is 5.32 Å². The van der Waals surface area contributed by atoms with Gasteiger partial charge in [-0.2, -0.15) is 5.10 Å². The van der Waals surface area contributed by atoms with Crippen LogP contribution in [-0.2, 0) is 4.79 Å². The van der Waals surface area contributed by atoms with Gasteiger partial charge in [-0.3, -0.25) is 4.79 Å². The SMILES string of the molecule is CC(=O)Nc1ccc2nc3c4ccccc4c(-c4ccc(Cl)cc4)nn3c2c1. The number of hydrogen-bond acceptors (Lipinski definition) is 3. The molecule has 2 aromatic heterocycles. The molecule has 6 heteroatoms. The summed E-state index contributed by atoms with van der Waals surface area (Å²) in [6.45, 7) is 1.49. The van der Waals surface area contributed by atoms with E-state index < -0.39 is 0 Å². The number of aromatic nitrogens is 3. The van der Waals surface area contributed by atoms with E-state index in [0.29, 0.717) is 10.7 Å². The molecule has 0 aliphatic rings. The zero-order valence-corrected chi connectivity index (χ0v) is 15.7. The van der Waals surface area contributed by atoms with Crippen LogP contribution < -0.4 is 5.32 Å². The minimum Gasteiger partial charge on any atom is -0.326 e. The lowest BCUT2D eigenvalue weighted by molar-refractivity contribution is -0.114. The molecule has 0 aliphatic carbocycles. The normalized spacial score (nSPS) is 11.4. The average molecular weight is 387 g/mol. The molecule has 0 bridgehead atoms. The van der Waals surface area contributed by atoms with Crippen molar-refractivity contribution in [3.05, 3.63) is 71.8 Å². The van der Waals surface area contributed by atoms with Crippen molar-refractivity contribution in [1.29, 1.82) is 0 Å². The fraction of sp³-hybridized carbons (Fsp3) is 0.0455. The summed E-state index contributed by atoms with van der Waals surface area (Å²) in [5, 5.41) is 10.4. The van der Waals surface area contributed by atoms with Gasteiger partial charge in [0.25, 0.3) is 0 Å². The molecule has 1 amide bonds. The van der Waals surface area contributed by atoms with Gasteiger partial charge in [-0.25, -0.2) is 9.50 Å². The molecular formula is C22H15ClN4O. The molecule has 2 heterocycles. The van der Waals surface area contributed by atoms with Gasteiger partial charge in [-0.15, -0.1) is 0 Å². The summed E-state index contributed by atoms with van der Waals surface area (Å²) in [6.07, 6.45) is 0. The Balaban J connectivity index is 1.87. The Kier molecular flexibility index (Phi) is 3.77. The second-order valence-electron chi connectivity index (χ2n) is 6.63. The molecule has 0 atom stereocenters. The Morgan fingerprint density at radius 2 is 1.75 bits per heavy atom. The Morgan fingerprint density at radius 1 is 1.00 bits per heavy atom. The van der Waals surface area contributed by atoms with E-state index in [9.17, 15) is 4.79 Å². The number of carbonyl (C=O) groups excluding carboxylic acids is 1. The van der Waals surface area contributed by atoms with E-state index >= 15 is 0 Å². The number of benzene rings is 3. The van der Waals surface area contributed by atoms with Gasteiger partial charge in [0, 0.05) is 34.0 Å². The van der Waals surface area contributed by atoms with Crippen molar-refractivity contribution in [3.63, 3.8) is 0 Å². The number of carbonyl (C=O) groups is 1.